The molecule has 1 rings (SSSR count). The van der Waals surface area contributed by atoms with Gasteiger partial charge in [0, 0.05) is 6.61 Å². The van der Waals surface area contributed by atoms with Crippen LogP contribution in [0, 0.1) is 0 Å². The number of hydrogen-bond acceptors (Lipinski definition) is 2. The second-order valence-electron chi connectivity index (χ2n) is 5.89. The molecule has 0 radical (unpaired) electrons. The maximum Gasteiger partial charge on any atom is 0.0576 e. The van der Waals surface area contributed by atoms with Crippen LogP contribution in [0.25, 0.3) is 0 Å². The molecule has 2 unspecified atom stereocenters. The van der Waals surface area contributed by atoms with Gasteiger partial charge in [-0.3, -0.25) is 0 Å². The van der Waals surface area contributed by atoms with Crippen LogP contribution < -0.4 is 0 Å². The van der Waals surface area contributed by atoms with Crippen LogP contribution in [0.15, 0.2) is 0 Å². The minimum Gasteiger partial charge on any atom is -0.393 e. The minimum absolute atomic E-state index is 0.109. The molecule has 18 heavy (non-hydrogen) atoms. The van der Waals surface area contributed by atoms with Crippen molar-refractivity contribution in [1.29, 1.82) is 0 Å². The molecule has 0 aliphatic carbocycles. The molecule has 0 amide bonds. The largest absolute Gasteiger partial charge is 0.393 e. The maximum atomic E-state index is 9.13. The number of aliphatic hydroxyl groups is 1. The van der Waals surface area contributed by atoms with Crippen LogP contribution >= 0.6 is 0 Å². The van der Waals surface area contributed by atoms with E-state index in [1.54, 1.807) is 0 Å². The van der Waals surface area contributed by atoms with Crippen LogP contribution in [-0.4, -0.2) is 23.9 Å². The fourth-order valence-corrected chi connectivity index (χ4v) is 2.74. The first-order valence-corrected chi connectivity index (χ1v) is 8.08. The molecular weight excluding hydrogens is 224 g/mol. The Morgan fingerprint density at radius 2 is 1.61 bits per heavy atom. The summed E-state index contributed by atoms with van der Waals surface area (Å²) in [6.45, 7) is 2.88. The molecule has 2 nitrogen and oxygen atoms in total. The van der Waals surface area contributed by atoms with Gasteiger partial charge in [-0.2, -0.15) is 0 Å². The quantitative estimate of drug-likeness (QED) is 0.553. The van der Waals surface area contributed by atoms with E-state index in [9.17, 15) is 0 Å². The van der Waals surface area contributed by atoms with E-state index in [0.717, 1.165) is 13.0 Å². The Morgan fingerprint density at radius 3 is 2.17 bits per heavy atom. The SMILES string of the molecule is CC(O)CCCCCCCCCCC1CCCO1. The summed E-state index contributed by atoms with van der Waals surface area (Å²) in [4.78, 5) is 0. The fourth-order valence-electron chi connectivity index (χ4n) is 2.74. The number of unbranched alkanes of at least 4 members (excludes halogenated alkanes) is 7. The predicted molar refractivity (Wildman–Crippen MR) is 76.8 cm³/mol. The second kappa shape index (κ2) is 10.8. The van der Waals surface area contributed by atoms with Crippen LogP contribution in [0.1, 0.15) is 84.0 Å². The minimum atomic E-state index is -0.109. The van der Waals surface area contributed by atoms with Crippen LogP contribution in [0.2, 0.25) is 0 Å². The van der Waals surface area contributed by atoms with Crippen molar-refractivity contribution in [3.8, 4) is 0 Å². The summed E-state index contributed by atoms with van der Waals surface area (Å²) in [5.74, 6) is 0. The zero-order chi connectivity index (χ0) is 13.1. The van der Waals surface area contributed by atoms with E-state index in [-0.39, 0.29) is 6.10 Å². The molecular formula is C16H32O2. The van der Waals surface area contributed by atoms with E-state index in [2.05, 4.69) is 0 Å². The Balaban J connectivity index is 1.70. The lowest BCUT2D eigenvalue weighted by Crippen LogP contribution is -2.03. The van der Waals surface area contributed by atoms with Gasteiger partial charge in [-0.05, 0) is 32.6 Å². The first-order valence-electron chi connectivity index (χ1n) is 8.08. The molecule has 1 aliphatic rings. The highest BCUT2D eigenvalue weighted by molar-refractivity contribution is 4.64. The standard InChI is InChI=1S/C16H32O2/c1-15(17)11-8-6-4-2-3-5-7-9-12-16-13-10-14-18-16/h15-17H,2-14H2,1H3. The van der Waals surface area contributed by atoms with Gasteiger partial charge in [-0.15, -0.1) is 0 Å². The van der Waals surface area contributed by atoms with Crippen molar-refractivity contribution in [3.63, 3.8) is 0 Å². The third kappa shape index (κ3) is 8.93. The van der Waals surface area contributed by atoms with Gasteiger partial charge in [0.25, 0.3) is 0 Å². The molecule has 0 bridgehead atoms. The van der Waals surface area contributed by atoms with Crippen molar-refractivity contribution in [2.75, 3.05) is 6.61 Å². The number of rotatable bonds is 11. The average Bonchev–Trinajstić information content (AvgIpc) is 2.84. The molecule has 1 heterocycles. The van der Waals surface area contributed by atoms with E-state index in [1.165, 1.54) is 70.6 Å². The Morgan fingerprint density at radius 1 is 1.00 bits per heavy atom. The number of hydrogen-bond donors (Lipinski definition) is 1. The second-order valence-corrected chi connectivity index (χ2v) is 5.89. The molecule has 0 spiro atoms. The lowest BCUT2D eigenvalue weighted by atomic mass is 10.0. The smallest absolute Gasteiger partial charge is 0.0576 e. The average molecular weight is 256 g/mol. The monoisotopic (exact) mass is 256 g/mol. The number of aliphatic hydroxyl groups excluding tert-OH is 1. The first-order chi connectivity index (χ1) is 8.79. The normalized spacial score (nSPS) is 21.3. The third-order valence-electron chi connectivity index (χ3n) is 3.92. The molecule has 0 aromatic heterocycles. The Bertz CT molecular complexity index is 174. The van der Waals surface area contributed by atoms with E-state index < -0.39 is 0 Å². The molecule has 108 valence electrons. The van der Waals surface area contributed by atoms with Gasteiger partial charge < -0.3 is 9.84 Å². The molecule has 0 aromatic rings. The third-order valence-corrected chi connectivity index (χ3v) is 3.92. The molecule has 1 fully saturated rings. The van der Waals surface area contributed by atoms with Gasteiger partial charge in [-0.1, -0.05) is 51.4 Å². The molecule has 1 N–H and O–H groups in total. The summed E-state index contributed by atoms with van der Waals surface area (Å²) >= 11 is 0. The first kappa shape index (κ1) is 16.0. The molecule has 2 heteroatoms. The van der Waals surface area contributed by atoms with Gasteiger partial charge in [0.15, 0.2) is 0 Å². The van der Waals surface area contributed by atoms with Crippen LogP contribution in [-0.2, 0) is 4.74 Å². The van der Waals surface area contributed by atoms with E-state index in [4.69, 9.17) is 9.84 Å². The van der Waals surface area contributed by atoms with Gasteiger partial charge >= 0.3 is 0 Å². The van der Waals surface area contributed by atoms with Crippen molar-refractivity contribution in [2.45, 2.75) is 96.2 Å². The molecule has 2 atom stereocenters. The van der Waals surface area contributed by atoms with Gasteiger partial charge in [-0.25, -0.2) is 0 Å². The van der Waals surface area contributed by atoms with Crippen molar-refractivity contribution in [2.24, 2.45) is 0 Å². The van der Waals surface area contributed by atoms with Gasteiger partial charge in [0.1, 0.15) is 0 Å². The maximum absolute atomic E-state index is 9.13. The Kier molecular flexibility index (Phi) is 9.59. The lowest BCUT2D eigenvalue weighted by molar-refractivity contribution is 0.102. The van der Waals surface area contributed by atoms with E-state index in [1.807, 2.05) is 6.92 Å². The van der Waals surface area contributed by atoms with E-state index in [0.29, 0.717) is 6.10 Å². The van der Waals surface area contributed by atoms with Crippen LogP contribution in [0.4, 0.5) is 0 Å². The zero-order valence-electron chi connectivity index (χ0n) is 12.2. The summed E-state index contributed by atoms with van der Waals surface area (Å²) in [7, 11) is 0. The molecule has 0 saturated carbocycles. The zero-order valence-corrected chi connectivity index (χ0v) is 12.2. The van der Waals surface area contributed by atoms with Crippen molar-refractivity contribution in [1.82, 2.24) is 0 Å². The Labute approximate surface area is 113 Å². The molecule has 1 aliphatic heterocycles. The molecule has 1 saturated heterocycles. The van der Waals surface area contributed by atoms with Crippen molar-refractivity contribution < 1.29 is 9.84 Å². The summed E-state index contributed by atoms with van der Waals surface area (Å²) in [5.41, 5.74) is 0. The van der Waals surface area contributed by atoms with Crippen molar-refractivity contribution in [3.05, 3.63) is 0 Å². The summed E-state index contributed by atoms with van der Waals surface area (Å²) in [6, 6.07) is 0. The predicted octanol–water partition coefficient (Wildman–Crippen LogP) is 4.45. The van der Waals surface area contributed by atoms with Crippen LogP contribution in [0.5, 0.6) is 0 Å². The highest BCUT2D eigenvalue weighted by atomic mass is 16.5. The fraction of sp³-hybridized carbons (Fsp3) is 1.00. The Hall–Kier alpha value is -0.0800. The summed E-state index contributed by atoms with van der Waals surface area (Å²) < 4.78 is 5.62. The summed E-state index contributed by atoms with van der Waals surface area (Å²) in [5, 5.41) is 9.13. The number of ether oxygens (including phenoxy) is 1. The van der Waals surface area contributed by atoms with Gasteiger partial charge in [0.2, 0.25) is 0 Å². The lowest BCUT2D eigenvalue weighted by Gasteiger charge is -2.08. The molecule has 0 aromatic carbocycles. The highest BCUT2D eigenvalue weighted by Gasteiger charge is 2.14. The van der Waals surface area contributed by atoms with Crippen molar-refractivity contribution >= 4 is 0 Å². The topological polar surface area (TPSA) is 29.5 Å². The van der Waals surface area contributed by atoms with Gasteiger partial charge in [0.05, 0.1) is 12.2 Å². The van der Waals surface area contributed by atoms with Crippen LogP contribution in [0.3, 0.4) is 0 Å². The highest BCUT2D eigenvalue weighted by Crippen LogP contribution is 2.19. The summed E-state index contributed by atoms with van der Waals surface area (Å²) in [6.07, 6.45) is 16.0. The van der Waals surface area contributed by atoms with E-state index >= 15 is 0 Å².